The molecule has 2 nitrogen and oxygen atoms in total. The summed E-state index contributed by atoms with van der Waals surface area (Å²) in [5.41, 5.74) is 0. The molecule has 0 aromatic rings. The van der Waals surface area contributed by atoms with E-state index in [-0.39, 0.29) is 0 Å². The van der Waals surface area contributed by atoms with Crippen LogP contribution in [-0.4, -0.2) is 35.7 Å². The van der Waals surface area contributed by atoms with Crippen LogP contribution in [0.2, 0.25) is 0 Å². The van der Waals surface area contributed by atoms with Crippen molar-refractivity contribution < 1.29 is 5.11 Å². The van der Waals surface area contributed by atoms with Gasteiger partial charge < -0.3 is 5.11 Å². The topological polar surface area (TPSA) is 23.5 Å². The molecule has 1 aliphatic heterocycles. The molecule has 60 valence electrons. The molecule has 2 atom stereocenters. The van der Waals surface area contributed by atoms with Crippen molar-refractivity contribution in [3.63, 3.8) is 0 Å². The second kappa shape index (κ2) is 3.35. The van der Waals surface area contributed by atoms with Gasteiger partial charge in [0.05, 0.1) is 6.61 Å². The van der Waals surface area contributed by atoms with Gasteiger partial charge in [-0.2, -0.15) is 0 Å². The second-order valence-electron chi connectivity index (χ2n) is 3.27. The van der Waals surface area contributed by atoms with Crippen LogP contribution in [0.5, 0.6) is 0 Å². The lowest BCUT2D eigenvalue weighted by Gasteiger charge is -2.21. The van der Waals surface area contributed by atoms with Gasteiger partial charge in [0, 0.05) is 12.6 Å². The average Bonchev–Trinajstić information content (AvgIpc) is 2.20. The second-order valence-corrected chi connectivity index (χ2v) is 3.27. The maximum atomic E-state index is 8.69. The smallest absolute Gasteiger partial charge is 0.0558 e. The monoisotopic (exact) mass is 143 g/mol. The maximum absolute atomic E-state index is 8.69. The molecule has 0 amide bonds. The lowest BCUT2D eigenvalue weighted by Crippen LogP contribution is -2.31. The fourth-order valence-corrected chi connectivity index (χ4v) is 1.62. The Kier molecular flexibility index (Phi) is 2.69. The lowest BCUT2D eigenvalue weighted by atomic mass is 10.1. The predicted molar refractivity (Wildman–Crippen MR) is 41.9 cm³/mol. The molecule has 0 spiro atoms. The first-order valence-corrected chi connectivity index (χ1v) is 4.10. The Morgan fingerprint density at radius 2 is 2.20 bits per heavy atom. The van der Waals surface area contributed by atoms with Crippen molar-refractivity contribution in [2.45, 2.75) is 26.3 Å². The summed E-state index contributed by atoms with van der Waals surface area (Å²) in [4.78, 5) is 2.35. The minimum Gasteiger partial charge on any atom is -0.395 e. The largest absolute Gasteiger partial charge is 0.395 e. The van der Waals surface area contributed by atoms with Gasteiger partial charge in [-0.25, -0.2) is 0 Å². The zero-order valence-electron chi connectivity index (χ0n) is 6.88. The minimum absolute atomic E-state index is 0.303. The summed E-state index contributed by atoms with van der Waals surface area (Å²) in [6, 6.07) is 0.673. The van der Waals surface area contributed by atoms with Gasteiger partial charge in [-0.1, -0.05) is 6.92 Å². The van der Waals surface area contributed by atoms with Crippen molar-refractivity contribution in [2.24, 2.45) is 5.92 Å². The molecule has 0 unspecified atom stereocenters. The Labute approximate surface area is 62.8 Å². The van der Waals surface area contributed by atoms with Crippen molar-refractivity contribution >= 4 is 0 Å². The van der Waals surface area contributed by atoms with E-state index < -0.39 is 0 Å². The van der Waals surface area contributed by atoms with Crippen LogP contribution in [0, 0.1) is 5.92 Å². The Morgan fingerprint density at radius 3 is 2.60 bits per heavy atom. The van der Waals surface area contributed by atoms with Gasteiger partial charge in [-0.3, -0.25) is 4.90 Å². The molecule has 0 bridgehead atoms. The average molecular weight is 143 g/mol. The first-order chi connectivity index (χ1) is 4.75. The van der Waals surface area contributed by atoms with Crippen LogP contribution in [0.1, 0.15) is 20.3 Å². The summed E-state index contributed by atoms with van der Waals surface area (Å²) in [6.07, 6.45) is 1.29. The van der Waals surface area contributed by atoms with Crippen molar-refractivity contribution in [1.82, 2.24) is 4.90 Å². The molecule has 1 heterocycles. The molecule has 0 aromatic heterocycles. The van der Waals surface area contributed by atoms with Gasteiger partial charge >= 0.3 is 0 Å². The van der Waals surface area contributed by atoms with E-state index in [9.17, 15) is 0 Å². The van der Waals surface area contributed by atoms with Crippen molar-refractivity contribution in [3.8, 4) is 0 Å². The third-order valence-electron chi connectivity index (χ3n) is 2.66. The van der Waals surface area contributed by atoms with Crippen LogP contribution in [0.4, 0.5) is 0 Å². The fourth-order valence-electron chi connectivity index (χ4n) is 1.62. The molecular weight excluding hydrogens is 126 g/mol. The minimum atomic E-state index is 0.303. The summed E-state index contributed by atoms with van der Waals surface area (Å²) in [5.74, 6) is 0.812. The van der Waals surface area contributed by atoms with Gasteiger partial charge in [0.15, 0.2) is 0 Å². The Bertz CT molecular complexity index is 103. The van der Waals surface area contributed by atoms with Crippen molar-refractivity contribution in [3.05, 3.63) is 0 Å². The molecule has 0 saturated carbocycles. The number of β-amino-alcohol motifs (C(OH)–C–C–N with tert-alkyl or cyclic N) is 1. The SMILES string of the molecule is C[C@@H]1CCN(CCO)[C@H]1C. The number of hydrogen-bond donors (Lipinski definition) is 1. The summed E-state index contributed by atoms with van der Waals surface area (Å²) in [7, 11) is 0. The number of nitrogens with zero attached hydrogens (tertiary/aromatic N) is 1. The van der Waals surface area contributed by atoms with E-state index in [1.165, 1.54) is 13.0 Å². The maximum Gasteiger partial charge on any atom is 0.0558 e. The highest BCUT2D eigenvalue weighted by Gasteiger charge is 2.25. The van der Waals surface area contributed by atoms with E-state index in [1.54, 1.807) is 0 Å². The number of likely N-dealkylation sites (tertiary alicyclic amines) is 1. The summed E-state index contributed by atoms with van der Waals surface area (Å²) < 4.78 is 0. The third kappa shape index (κ3) is 1.50. The number of rotatable bonds is 2. The zero-order chi connectivity index (χ0) is 7.56. The Morgan fingerprint density at radius 1 is 1.50 bits per heavy atom. The number of aliphatic hydroxyl groups is 1. The highest BCUT2D eigenvalue weighted by atomic mass is 16.3. The quantitative estimate of drug-likeness (QED) is 0.615. The highest BCUT2D eigenvalue weighted by molar-refractivity contribution is 4.80. The van der Waals surface area contributed by atoms with E-state index in [0.29, 0.717) is 12.6 Å². The molecule has 0 aliphatic carbocycles. The van der Waals surface area contributed by atoms with E-state index in [4.69, 9.17) is 5.11 Å². The normalized spacial score (nSPS) is 35.1. The highest BCUT2D eigenvalue weighted by Crippen LogP contribution is 2.22. The summed E-state index contributed by atoms with van der Waals surface area (Å²) in [6.45, 7) is 6.85. The standard InChI is InChI=1S/C8H17NO/c1-7-3-4-9(5-6-10)8(7)2/h7-8,10H,3-6H2,1-2H3/t7-,8+/m1/s1. The molecule has 1 aliphatic rings. The lowest BCUT2D eigenvalue weighted by molar-refractivity contribution is 0.182. The molecule has 0 aromatic carbocycles. The van der Waals surface area contributed by atoms with Crippen LogP contribution in [0.3, 0.4) is 0 Å². The Hall–Kier alpha value is -0.0800. The van der Waals surface area contributed by atoms with Crippen molar-refractivity contribution in [1.29, 1.82) is 0 Å². The van der Waals surface area contributed by atoms with Crippen LogP contribution < -0.4 is 0 Å². The van der Waals surface area contributed by atoms with Gasteiger partial charge in [0.25, 0.3) is 0 Å². The van der Waals surface area contributed by atoms with E-state index in [0.717, 1.165) is 12.5 Å². The van der Waals surface area contributed by atoms with Gasteiger partial charge in [-0.15, -0.1) is 0 Å². The van der Waals surface area contributed by atoms with E-state index in [1.807, 2.05) is 0 Å². The first-order valence-electron chi connectivity index (χ1n) is 4.10. The van der Waals surface area contributed by atoms with Crippen LogP contribution in [0.15, 0.2) is 0 Å². The number of hydrogen-bond acceptors (Lipinski definition) is 2. The Balaban J connectivity index is 2.33. The van der Waals surface area contributed by atoms with E-state index >= 15 is 0 Å². The fraction of sp³-hybridized carbons (Fsp3) is 1.00. The zero-order valence-corrected chi connectivity index (χ0v) is 6.88. The molecule has 1 fully saturated rings. The van der Waals surface area contributed by atoms with Crippen molar-refractivity contribution in [2.75, 3.05) is 19.7 Å². The summed E-state index contributed by atoms with van der Waals surface area (Å²) >= 11 is 0. The van der Waals surface area contributed by atoms with Gasteiger partial charge in [0.1, 0.15) is 0 Å². The predicted octanol–water partition coefficient (Wildman–Crippen LogP) is 0.709. The third-order valence-corrected chi connectivity index (χ3v) is 2.66. The molecule has 1 rings (SSSR count). The molecule has 1 N–H and O–H groups in total. The van der Waals surface area contributed by atoms with Crippen LogP contribution in [-0.2, 0) is 0 Å². The first kappa shape index (κ1) is 8.02. The van der Waals surface area contributed by atoms with Gasteiger partial charge in [0.2, 0.25) is 0 Å². The summed E-state index contributed by atoms with van der Waals surface area (Å²) in [5, 5.41) is 8.69. The van der Waals surface area contributed by atoms with Crippen LogP contribution in [0.25, 0.3) is 0 Å². The van der Waals surface area contributed by atoms with Crippen LogP contribution >= 0.6 is 0 Å². The van der Waals surface area contributed by atoms with E-state index in [2.05, 4.69) is 18.7 Å². The molecule has 0 radical (unpaired) electrons. The molecule has 10 heavy (non-hydrogen) atoms. The molecule has 2 heteroatoms. The number of aliphatic hydroxyl groups excluding tert-OH is 1. The molecular formula is C8H17NO. The van der Waals surface area contributed by atoms with Gasteiger partial charge in [-0.05, 0) is 25.8 Å². The molecule has 1 saturated heterocycles.